The van der Waals surface area contributed by atoms with E-state index < -0.39 is 10.8 Å². The Labute approximate surface area is 138 Å². The number of benzene rings is 2. The number of anilines is 1. The zero-order chi connectivity index (χ0) is 17.5. The molecular weight excluding hydrogens is 316 g/mol. The van der Waals surface area contributed by atoms with E-state index in [-0.39, 0.29) is 18.0 Å². The van der Waals surface area contributed by atoms with Crippen LogP contribution in [0.3, 0.4) is 0 Å². The van der Waals surface area contributed by atoms with Crippen molar-refractivity contribution in [2.24, 2.45) is 0 Å². The number of nitrogens with one attached hydrogen (secondary N) is 1. The number of hydrogen-bond donors (Lipinski definition) is 1. The Balaban J connectivity index is 2.03. The van der Waals surface area contributed by atoms with Gasteiger partial charge in [0.2, 0.25) is 0 Å². The highest BCUT2D eigenvalue weighted by molar-refractivity contribution is 5.93. The van der Waals surface area contributed by atoms with Crippen molar-refractivity contribution in [3.8, 4) is 17.2 Å². The van der Waals surface area contributed by atoms with Gasteiger partial charge in [0.15, 0.2) is 12.4 Å². The van der Waals surface area contributed by atoms with Crippen molar-refractivity contribution in [3.63, 3.8) is 0 Å². The molecule has 2 rings (SSSR count). The van der Waals surface area contributed by atoms with E-state index >= 15 is 0 Å². The van der Waals surface area contributed by atoms with Crippen LogP contribution in [0.5, 0.6) is 17.2 Å². The first-order valence-corrected chi connectivity index (χ1v) is 6.93. The zero-order valence-corrected chi connectivity index (χ0v) is 13.1. The summed E-state index contributed by atoms with van der Waals surface area (Å²) >= 11 is 0. The fourth-order valence-electron chi connectivity index (χ4n) is 1.96. The Hall–Kier alpha value is -3.29. The summed E-state index contributed by atoms with van der Waals surface area (Å²) < 4.78 is 15.5. The maximum atomic E-state index is 12.0. The number of ether oxygens (including phenoxy) is 3. The van der Waals surface area contributed by atoms with Crippen LogP contribution in [0.15, 0.2) is 42.5 Å². The van der Waals surface area contributed by atoms with Gasteiger partial charge in [0.05, 0.1) is 24.8 Å². The van der Waals surface area contributed by atoms with Gasteiger partial charge in [-0.3, -0.25) is 14.9 Å². The van der Waals surface area contributed by atoms with Crippen molar-refractivity contribution < 1.29 is 23.9 Å². The molecule has 0 heterocycles. The van der Waals surface area contributed by atoms with Crippen LogP contribution in [-0.2, 0) is 4.79 Å². The van der Waals surface area contributed by atoms with Gasteiger partial charge in [-0.1, -0.05) is 12.1 Å². The van der Waals surface area contributed by atoms with Crippen molar-refractivity contribution in [2.45, 2.75) is 0 Å². The van der Waals surface area contributed by atoms with Crippen LogP contribution in [-0.4, -0.2) is 31.7 Å². The minimum atomic E-state index is -0.570. The maximum Gasteiger partial charge on any atom is 0.310 e. The summed E-state index contributed by atoms with van der Waals surface area (Å²) in [7, 11) is 2.99. The highest BCUT2D eigenvalue weighted by atomic mass is 16.6. The Morgan fingerprint density at radius 3 is 2.54 bits per heavy atom. The Morgan fingerprint density at radius 1 is 1.12 bits per heavy atom. The molecule has 0 unspecified atom stereocenters. The fourth-order valence-corrected chi connectivity index (χ4v) is 1.96. The van der Waals surface area contributed by atoms with E-state index in [4.69, 9.17) is 14.2 Å². The Bertz CT molecular complexity index is 747. The first-order chi connectivity index (χ1) is 11.5. The molecule has 0 aliphatic heterocycles. The van der Waals surface area contributed by atoms with Crippen molar-refractivity contribution >= 4 is 17.3 Å². The second-order valence-corrected chi connectivity index (χ2v) is 4.63. The van der Waals surface area contributed by atoms with E-state index in [0.29, 0.717) is 17.2 Å². The number of amides is 1. The van der Waals surface area contributed by atoms with E-state index in [1.54, 1.807) is 24.3 Å². The average molecular weight is 332 g/mol. The summed E-state index contributed by atoms with van der Waals surface area (Å²) in [5.74, 6) is 0.561. The van der Waals surface area contributed by atoms with Gasteiger partial charge in [-0.25, -0.2) is 0 Å². The van der Waals surface area contributed by atoms with E-state index in [2.05, 4.69) is 5.32 Å². The summed E-state index contributed by atoms with van der Waals surface area (Å²) in [4.78, 5) is 22.3. The van der Waals surface area contributed by atoms with Crippen molar-refractivity contribution in [1.82, 2.24) is 0 Å². The number of hydrogen-bond acceptors (Lipinski definition) is 6. The highest BCUT2D eigenvalue weighted by Crippen LogP contribution is 2.29. The fraction of sp³-hybridized carbons (Fsp3) is 0.188. The van der Waals surface area contributed by atoms with Gasteiger partial charge in [0.1, 0.15) is 11.5 Å². The molecule has 0 saturated heterocycles. The molecule has 0 saturated carbocycles. The predicted molar refractivity (Wildman–Crippen MR) is 86.8 cm³/mol. The number of carbonyl (C=O) groups excluding carboxylic acids is 1. The van der Waals surface area contributed by atoms with Crippen molar-refractivity contribution in [2.75, 3.05) is 26.1 Å². The third-order valence-electron chi connectivity index (χ3n) is 3.10. The van der Waals surface area contributed by atoms with E-state index in [1.165, 1.54) is 32.4 Å². The molecule has 2 aromatic rings. The molecule has 0 fully saturated rings. The lowest BCUT2D eigenvalue weighted by molar-refractivity contribution is -0.385. The summed E-state index contributed by atoms with van der Waals surface area (Å²) in [5, 5.41) is 13.5. The number of nitrogens with zero attached hydrogens (tertiary/aromatic N) is 1. The summed E-state index contributed by atoms with van der Waals surface area (Å²) in [5.41, 5.74) is 0.238. The summed E-state index contributed by atoms with van der Waals surface area (Å²) in [6.07, 6.45) is 0. The largest absolute Gasteiger partial charge is 0.497 e. The van der Waals surface area contributed by atoms with Gasteiger partial charge >= 0.3 is 5.69 Å². The standard InChI is InChI=1S/C16H16N2O6/c1-22-11-7-8-12(15(9-11)23-2)17-16(19)10-24-14-6-4-3-5-13(14)18(20)21/h3-9H,10H2,1-2H3,(H,17,19). The molecule has 0 radical (unpaired) electrons. The van der Waals surface area contributed by atoms with E-state index in [1.807, 2.05) is 0 Å². The number of rotatable bonds is 7. The predicted octanol–water partition coefficient (Wildman–Crippen LogP) is 2.63. The summed E-state index contributed by atoms with van der Waals surface area (Å²) in [6, 6.07) is 10.8. The number of carbonyl (C=O) groups is 1. The molecule has 24 heavy (non-hydrogen) atoms. The average Bonchev–Trinajstić information content (AvgIpc) is 2.60. The number of nitro groups is 1. The monoisotopic (exact) mass is 332 g/mol. The third-order valence-corrected chi connectivity index (χ3v) is 3.10. The third kappa shape index (κ3) is 4.13. The van der Waals surface area contributed by atoms with Crippen LogP contribution in [0, 0.1) is 10.1 Å². The Morgan fingerprint density at radius 2 is 1.88 bits per heavy atom. The topological polar surface area (TPSA) is 99.9 Å². The van der Waals surface area contributed by atoms with E-state index in [0.717, 1.165) is 0 Å². The molecule has 0 aliphatic carbocycles. The quantitative estimate of drug-likeness (QED) is 0.618. The number of methoxy groups -OCH3 is 2. The van der Waals surface area contributed by atoms with Crippen LogP contribution in [0.25, 0.3) is 0 Å². The second kappa shape index (κ2) is 7.82. The van der Waals surface area contributed by atoms with Crippen LogP contribution >= 0.6 is 0 Å². The van der Waals surface area contributed by atoms with Gasteiger partial charge in [-0.05, 0) is 18.2 Å². The van der Waals surface area contributed by atoms with Gasteiger partial charge in [-0.2, -0.15) is 0 Å². The molecule has 8 nitrogen and oxygen atoms in total. The lowest BCUT2D eigenvalue weighted by atomic mass is 10.2. The molecule has 0 atom stereocenters. The molecule has 0 aliphatic rings. The number of nitro benzene ring substituents is 1. The molecule has 1 N–H and O–H groups in total. The molecule has 0 aromatic heterocycles. The van der Waals surface area contributed by atoms with Crippen molar-refractivity contribution in [3.05, 3.63) is 52.6 Å². The van der Waals surface area contributed by atoms with Gasteiger partial charge in [-0.15, -0.1) is 0 Å². The minimum absolute atomic E-state index is 0.0272. The maximum absolute atomic E-state index is 12.0. The molecule has 0 spiro atoms. The first kappa shape index (κ1) is 17.1. The smallest absolute Gasteiger partial charge is 0.310 e. The lowest BCUT2D eigenvalue weighted by Gasteiger charge is -2.12. The second-order valence-electron chi connectivity index (χ2n) is 4.63. The molecule has 126 valence electrons. The SMILES string of the molecule is COc1ccc(NC(=O)COc2ccccc2[N+](=O)[O-])c(OC)c1. The van der Waals surface area contributed by atoms with Crippen LogP contribution < -0.4 is 19.5 Å². The number of para-hydroxylation sites is 2. The summed E-state index contributed by atoms with van der Waals surface area (Å²) in [6.45, 7) is -0.375. The van der Waals surface area contributed by atoms with Gasteiger partial charge in [0.25, 0.3) is 5.91 Å². The van der Waals surface area contributed by atoms with E-state index in [9.17, 15) is 14.9 Å². The molecule has 8 heteroatoms. The molecule has 0 bridgehead atoms. The van der Waals surface area contributed by atoms with Crippen LogP contribution in [0.4, 0.5) is 11.4 Å². The molecule has 2 aromatic carbocycles. The van der Waals surface area contributed by atoms with Gasteiger partial charge < -0.3 is 19.5 Å². The first-order valence-electron chi connectivity index (χ1n) is 6.93. The normalized spacial score (nSPS) is 9.92. The highest BCUT2D eigenvalue weighted by Gasteiger charge is 2.15. The zero-order valence-electron chi connectivity index (χ0n) is 13.1. The van der Waals surface area contributed by atoms with Crippen molar-refractivity contribution in [1.29, 1.82) is 0 Å². The molecular formula is C16H16N2O6. The van der Waals surface area contributed by atoms with Gasteiger partial charge in [0, 0.05) is 12.1 Å². The minimum Gasteiger partial charge on any atom is -0.497 e. The Kier molecular flexibility index (Phi) is 5.56. The lowest BCUT2D eigenvalue weighted by Crippen LogP contribution is -2.20. The van der Waals surface area contributed by atoms with Crippen LogP contribution in [0.2, 0.25) is 0 Å². The van der Waals surface area contributed by atoms with Crippen LogP contribution in [0.1, 0.15) is 0 Å². The molecule has 1 amide bonds.